The Morgan fingerprint density at radius 2 is 1.88 bits per heavy atom. The largest absolute Gasteiger partial charge is 0.373 e. The average molecular weight is 342 g/mol. The highest BCUT2D eigenvalue weighted by atomic mass is 16.5. The summed E-state index contributed by atoms with van der Waals surface area (Å²) in [6, 6.07) is 8.88. The molecule has 136 valence electrons. The van der Waals surface area contributed by atoms with E-state index in [-0.39, 0.29) is 12.0 Å². The van der Waals surface area contributed by atoms with Crippen LogP contribution >= 0.6 is 0 Å². The Kier molecular flexibility index (Phi) is 5.37. The van der Waals surface area contributed by atoms with E-state index in [0.29, 0.717) is 18.5 Å². The van der Waals surface area contributed by atoms with Crippen LogP contribution < -0.4 is 5.32 Å². The lowest BCUT2D eigenvalue weighted by atomic mass is 9.84. The van der Waals surface area contributed by atoms with Crippen molar-refractivity contribution in [2.24, 2.45) is 0 Å². The van der Waals surface area contributed by atoms with Crippen molar-refractivity contribution in [1.82, 2.24) is 10.2 Å². The zero-order chi connectivity index (χ0) is 17.1. The van der Waals surface area contributed by atoms with Gasteiger partial charge < -0.3 is 10.1 Å². The van der Waals surface area contributed by atoms with E-state index in [4.69, 9.17) is 4.74 Å². The Hall–Kier alpha value is -1.39. The van der Waals surface area contributed by atoms with Gasteiger partial charge in [0.15, 0.2) is 0 Å². The molecule has 3 aliphatic rings. The van der Waals surface area contributed by atoms with Crippen molar-refractivity contribution < 1.29 is 9.53 Å². The number of amides is 1. The zero-order valence-corrected chi connectivity index (χ0v) is 15.1. The van der Waals surface area contributed by atoms with Gasteiger partial charge in [-0.3, -0.25) is 9.69 Å². The van der Waals surface area contributed by atoms with Gasteiger partial charge in [-0.25, -0.2) is 0 Å². The Balaban J connectivity index is 1.27. The van der Waals surface area contributed by atoms with Crippen LogP contribution in [0.25, 0.3) is 0 Å². The maximum absolute atomic E-state index is 12.4. The first-order valence-corrected chi connectivity index (χ1v) is 10.0. The number of carbonyl (C=O) groups is 1. The molecule has 1 aliphatic carbocycles. The minimum atomic E-state index is 0.0161. The van der Waals surface area contributed by atoms with E-state index in [0.717, 1.165) is 18.7 Å². The SMILES string of the molecule is O=C(NC[C@H]1CN2CCC[C@H]2CO1)c1ccc(C2CCCCC2)cc1. The van der Waals surface area contributed by atoms with E-state index in [1.54, 1.807) is 0 Å². The summed E-state index contributed by atoms with van der Waals surface area (Å²) in [5.74, 6) is 0.706. The number of fused-ring (bicyclic) bond motifs is 1. The number of nitrogens with zero attached hydrogens (tertiary/aromatic N) is 1. The summed E-state index contributed by atoms with van der Waals surface area (Å²) in [5.41, 5.74) is 2.15. The first-order valence-electron chi connectivity index (χ1n) is 10.0. The third-order valence-electron chi connectivity index (χ3n) is 6.20. The van der Waals surface area contributed by atoms with Crippen molar-refractivity contribution in [1.29, 1.82) is 0 Å². The second-order valence-corrected chi connectivity index (χ2v) is 7.91. The Morgan fingerprint density at radius 3 is 2.68 bits per heavy atom. The average Bonchev–Trinajstić information content (AvgIpc) is 3.15. The topological polar surface area (TPSA) is 41.6 Å². The van der Waals surface area contributed by atoms with E-state index >= 15 is 0 Å². The molecule has 25 heavy (non-hydrogen) atoms. The van der Waals surface area contributed by atoms with Crippen LogP contribution in [0.3, 0.4) is 0 Å². The normalized spacial score (nSPS) is 27.8. The van der Waals surface area contributed by atoms with Crippen molar-refractivity contribution in [3.8, 4) is 0 Å². The Labute approximate surface area is 150 Å². The minimum Gasteiger partial charge on any atom is -0.373 e. The summed E-state index contributed by atoms with van der Waals surface area (Å²) in [7, 11) is 0. The molecule has 1 aromatic carbocycles. The fraction of sp³-hybridized carbons (Fsp3) is 0.667. The quantitative estimate of drug-likeness (QED) is 0.912. The van der Waals surface area contributed by atoms with E-state index in [9.17, 15) is 4.79 Å². The molecule has 4 nitrogen and oxygen atoms in total. The van der Waals surface area contributed by atoms with Crippen molar-refractivity contribution >= 4 is 5.91 Å². The van der Waals surface area contributed by atoms with Crippen LogP contribution in [0.5, 0.6) is 0 Å². The summed E-state index contributed by atoms with van der Waals surface area (Å²) in [6.07, 6.45) is 9.30. The van der Waals surface area contributed by atoms with Gasteiger partial charge in [0, 0.05) is 24.7 Å². The molecule has 1 N–H and O–H groups in total. The van der Waals surface area contributed by atoms with Crippen LogP contribution in [0.4, 0.5) is 0 Å². The Morgan fingerprint density at radius 1 is 1.08 bits per heavy atom. The highest BCUT2D eigenvalue weighted by Gasteiger charge is 2.32. The monoisotopic (exact) mass is 342 g/mol. The third kappa shape index (κ3) is 4.06. The van der Waals surface area contributed by atoms with E-state index in [2.05, 4.69) is 22.3 Å². The fourth-order valence-electron chi connectivity index (χ4n) is 4.66. The highest BCUT2D eigenvalue weighted by molar-refractivity contribution is 5.94. The molecule has 2 aliphatic heterocycles. The van der Waals surface area contributed by atoms with Gasteiger partial charge in [0.05, 0.1) is 12.7 Å². The van der Waals surface area contributed by atoms with Gasteiger partial charge >= 0.3 is 0 Å². The molecule has 4 rings (SSSR count). The van der Waals surface area contributed by atoms with E-state index < -0.39 is 0 Å². The van der Waals surface area contributed by atoms with Crippen LogP contribution in [0.1, 0.15) is 66.8 Å². The van der Waals surface area contributed by atoms with Crippen LogP contribution in [-0.2, 0) is 4.74 Å². The molecule has 1 saturated carbocycles. The van der Waals surface area contributed by atoms with Crippen molar-refractivity contribution in [3.05, 3.63) is 35.4 Å². The number of hydrogen-bond acceptors (Lipinski definition) is 3. The predicted molar refractivity (Wildman–Crippen MR) is 98.9 cm³/mol. The lowest BCUT2D eigenvalue weighted by molar-refractivity contribution is -0.0461. The van der Waals surface area contributed by atoms with Crippen molar-refractivity contribution in [3.63, 3.8) is 0 Å². The molecule has 2 heterocycles. The van der Waals surface area contributed by atoms with E-state index in [1.165, 1.54) is 57.1 Å². The standard InChI is InChI=1S/C21H30N2O2/c24-21(22-13-20-14-23-12-4-7-19(23)15-25-20)18-10-8-17(9-11-18)16-5-2-1-3-6-16/h8-11,16,19-20H,1-7,12-15H2,(H,22,24)/t19-,20-/m0/s1. The number of ether oxygens (including phenoxy) is 1. The summed E-state index contributed by atoms with van der Waals surface area (Å²) >= 11 is 0. The van der Waals surface area contributed by atoms with Crippen LogP contribution in [0.2, 0.25) is 0 Å². The van der Waals surface area contributed by atoms with Gasteiger partial charge in [-0.1, -0.05) is 31.4 Å². The smallest absolute Gasteiger partial charge is 0.251 e. The molecule has 2 saturated heterocycles. The zero-order valence-electron chi connectivity index (χ0n) is 15.1. The second kappa shape index (κ2) is 7.88. The first-order chi connectivity index (χ1) is 12.3. The molecule has 3 fully saturated rings. The van der Waals surface area contributed by atoms with E-state index in [1.807, 2.05) is 12.1 Å². The highest BCUT2D eigenvalue weighted by Crippen LogP contribution is 2.32. The molecule has 0 radical (unpaired) electrons. The molecule has 0 aromatic heterocycles. The molecule has 2 atom stereocenters. The summed E-state index contributed by atoms with van der Waals surface area (Å²) < 4.78 is 5.92. The van der Waals surface area contributed by atoms with Gasteiger partial charge in [0.2, 0.25) is 0 Å². The number of hydrogen-bond donors (Lipinski definition) is 1. The third-order valence-corrected chi connectivity index (χ3v) is 6.20. The second-order valence-electron chi connectivity index (χ2n) is 7.91. The maximum Gasteiger partial charge on any atom is 0.251 e. The molecule has 0 spiro atoms. The molecule has 1 aromatic rings. The van der Waals surface area contributed by atoms with Gasteiger partial charge in [-0.15, -0.1) is 0 Å². The molecule has 4 heteroatoms. The minimum absolute atomic E-state index is 0.0161. The van der Waals surface area contributed by atoms with Gasteiger partial charge in [0.25, 0.3) is 5.91 Å². The number of rotatable bonds is 4. The first kappa shape index (κ1) is 17.0. The lowest BCUT2D eigenvalue weighted by Gasteiger charge is -2.35. The van der Waals surface area contributed by atoms with Gasteiger partial charge in [-0.2, -0.15) is 0 Å². The van der Waals surface area contributed by atoms with Crippen molar-refractivity contribution in [2.45, 2.75) is 63.0 Å². The van der Waals surface area contributed by atoms with Crippen LogP contribution in [0.15, 0.2) is 24.3 Å². The predicted octanol–water partition coefficient (Wildman–Crippen LogP) is 3.33. The number of nitrogens with one attached hydrogen (secondary N) is 1. The van der Waals surface area contributed by atoms with Crippen LogP contribution in [-0.4, -0.2) is 49.2 Å². The molecular weight excluding hydrogens is 312 g/mol. The summed E-state index contributed by atoms with van der Waals surface area (Å²) in [5, 5.41) is 3.06. The maximum atomic E-state index is 12.4. The fourth-order valence-corrected chi connectivity index (χ4v) is 4.66. The summed E-state index contributed by atoms with van der Waals surface area (Å²) in [6.45, 7) is 3.55. The molecule has 0 unspecified atom stereocenters. The molecule has 1 amide bonds. The molecule has 0 bridgehead atoms. The molecular formula is C21H30N2O2. The number of benzene rings is 1. The number of carbonyl (C=O) groups excluding carboxylic acids is 1. The van der Waals surface area contributed by atoms with Crippen molar-refractivity contribution in [2.75, 3.05) is 26.2 Å². The summed E-state index contributed by atoms with van der Waals surface area (Å²) in [4.78, 5) is 14.9. The lowest BCUT2D eigenvalue weighted by Crippen LogP contribution is -2.50. The van der Waals surface area contributed by atoms with Gasteiger partial charge in [-0.05, 0) is 55.8 Å². The van der Waals surface area contributed by atoms with Crippen LogP contribution in [0, 0.1) is 0 Å². The Bertz CT molecular complexity index is 580. The number of morpholine rings is 1. The van der Waals surface area contributed by atoms with Gasteiger partial charge in [0.1, 0.15) is 0 Å².